The molecule has 3 aromatic rings. The summed E-state index contributed by atoms with van der Waals surface area (Å²) >= 11 is 0. The van der Waals surface area contributed by atoms with Gasteiger partial charge in [-0.15, -0.1) is 0 Å². The molecule has 1 aromatic heterocycles. The lowest BCUT2D eigenvalue weighted by molar-refractivity contribution is -0.128. The lowest BCUT2D eigenvalue weighted by atomic mass is 9.99. The van der Waals surface area contributed by atoms with Gasteiger partial charge in [0.25, 0.3) is 0 Å². The Bertz CT molecular complexity index is 1650. The molecule has 0 radical (unpaired) electrons. The van der Waals surface area contributed by atoms with Crippen LogP contribution >= 0.6 is 0 Å². The van der Waals surface area contributed by atoms with Crippen LogP contribution < -0.4 is 19.9 Å². The third kappa shape index (κ3) is 5.76. The first kappa shape index (κ1) is 29.3. The number of fused-ring (bicyclic) bond motifs is 2. The Hall–Kier alpha value is -4.40. The van der Waals surface area contributed by atoms with E-state index in [9.17, 15) is 15.2 Å². The van der Waals surface area contributed by atoms with E-state index in [0.29, 0.717) is 51.8 Å². The molecule has 0 bridgehead atoms. The van der Waals surface area contributed by atoms with Crippen LogP contribution in [0.25, 0.3) is 10.8 Å². The van der Waals surface area contributed by atoms with Gasteiger partial charge >= 0.3 is 6.01 Å². The Balaban J connectivity index is 1.21. The second-order valence-electron chi connectivity index (χ2n) is 12.5. The molecule has 2 saturated heterocycles. The highest BCUT2D eigenvalue weighted by atomic mass is 16.5. The maximum absolute atomic E-state index is 12.6. The van der Waals surface area contributed by atoms with E-state index in [4.69, 9.17) is 19.4 Å². The number of aromatic hydroxyl groups is 1. The number of carbonyl (C=O) groups is 1. The molecule has 1 unspecified atom stereocenters. The van der Waals surface area contributed by atoms with E-state index in [-0.39, 0.29) is 35.6 Å². The van der Waals surface area contributed by atoms with Crippen molar-refractivity contribution < 1.29 is 19.4 Å². The number of nitrogens with one attached hydrogen (secondary N) is 1. The smallest absolute Gasteiger partial charge is 0.318 e. The Morgan fingerprint density at radius 2 is 2.09 bits per heavy atom. The van der Waals surface area contributed by atoms with Crippen molar-refractivity contribution in [1.82, 2.24) is 20.2 Å². The Labute approximate surface area is 263 Å². The molecular weight excluding hydrogens is 570 g/mol. The fourth-order valence-electron chi connectivity index (χ4n) is 7.08. The van der Waals surface area contributed by atoms with Crippen molar-refractivity contribution in [3.63, 3.8) is 0 Å². The average molecular weight is 610 g/mol. The minimum Gasteiger partial charge on any atom is -0.508 e. The number of benzene rings is 2. The first-order chi connectivity index (χ1) is 22.0. The summed E-state index contributed by atoms with van der Waals surface area (Å²) in [7, 11) is 0. The molecular formula is C34H39N7O4. The monoisotopic (exact) mass is 609 g/mol. The van der Waals surface area contributed by atoms with Gasteiger partial charge in [0, 0.05) is 67.4 Å². The van der Waals surface area contributed by atoms with Crippen LogP contribution in [-0.4, -0.2) is 90.5 Å². The van der Waals surface area contributed by atoms with Crippen LogP contribution in [0.3, 0.4) is 0 Å². The van der Waals surface area contributed by atoms with Gasteiger partial charge in [0.1, 0.15) is 11.6 Å². The normalized spacial score (nSPS) is 22.4. The van der Waals surface area contributed by atoms with Crippen LogP contribution in [0.15, 0.2) is 49.1 Å². The summed E-state index contributed by atoms with van der Waals surface area (Å²) in [4.78, 5) is 28.7. The predicted molar refractivity (Wildman–Crippen MR) is 170 cm³/mol. The second-order valence-corrected chi connectivity index (χ2v) is 12.5. The zero-order chi connectivity index (χ0) is 31.0. The summed E-state index contributed by atoms with van der Waals surface area (Å²) in [5.41, 5.74) is 2.87. The van der Waals surface area contributed by atoms with Crippen molar-refractivity contribution in [1.29, 1.82) is 5.26 Å². The van der Waals surface area contributed by atoms with Crippen LogP contribution in [0, 0.1) is 16.7 Å². The molecule has 4 aliphatic rings. The van der Waals surface area contributed by atoms with Crippen molar-refractivity contribution in [2.75, 3.05) is 62.3 Å². The highest BCUT2D eigenvalue weighted by Crippen LogP contribution is 2.50. The van der Waals surface area contributed by atoms with Gasteiger partial charge in [0.2, 0.25) is 5.91 Å². The van der Waals surface area contributed by atoms with Crippen molar-refractivity contribution in [2.45, 2.75) is 44.4 Å². The molecule has 11 heteroatoms. The van der Waals surface area contributed by atoms with E-state index in [1.165, 1.54) is 6.08 Å². The van der Waals surface area contributed by atoms with Crippen molar-refractivity contribution in [2.24, 2.45) is 5.41 Å². The van der Waals surface area contributed by atoms with Crippen LogP contribution in [0.5, 0.6) is 11.8 Å². The predicted octanol–water partition coefficient (Wildman–Crippen LogP) is 3.16. The quantitative estimate of drug-likeness (QED) is 0.368. The standard InChI is InChI=1S/C34H39N7O4/c1-2-31(43)41-15-14-40(20-24(41)7-11-35)32-27-8-13-39(29-18-25(42)17-23-5-3-4-6-26(23)29)21-28(27)37-33(38-32)45-22-34(9-10-34)30-19-36-12-16-44-30/h2-6,17-18,24,30,36,42H,1,7-10,12-16,19-22H2/t24-,30?/m0/s1. The average Bonchev–Trinajstić information content (AvgIpc) is 3.88. The maximum Gasteiger partial charge on any atom is 0.318 e. The number of phenolic OH excluding ortho intramolecular Hbond substituents is 1. The number of hydrogen-bond donors (Lipinski definition) is 2. The summed E-state index contributed by atoms with van der Waals surface area (Å²) in [5.74, 6) is 0.878. The van der Waals surface area contributed by atoms with Gasteiger partial charge in [0.05, 0.1) is 50.1 Å². The van der Waals surface area contributed by atoms with E-state index in [1.807, 2.05) is 24.3 Å². The lowest BCUT2D eigenvalue weighted by Crippen LogP contribution is -2.55. The van der Waals surface area contributed by atoms with Crippen LogP contribution in [-0.2, 0) is 22.5 Å². The number of piperazine rings is 1. The van der Waals surface area contributed by atoms with Crippen LogP contribution in [0.4, 0.5) is 11.5 Å². The number of hydrogen-bond acceptors (Lipinski definition) is 10. The summed E-state index contributed by atoms with van der Waals surface area (Å²) in [6, 6.07) is 14.0. The zero-order valence-electron chi connectivity index (χ0n) is 25.5. The molecule has 1 saturated carbocycles. The zero-order valence-corrected chi connectivity index (χ0v) is 25.5. The third-order valence-electron chi connectivity index (χ3n) is 9.75. The Morgan fingerprint density at radius 3 is 2.87 bits per heavy atom. The summed E-state index contributed by atoms with van der Waals surface area (Å²) in [6.45, 7) is 9.33. The van der Waals surface area contributed by atoms with Gasteiger partial charge in [0.15, 0.2) is 0 Å². The molecule has 234 valence electrons. The number of rotatable bonds is 8. The van der Waals surface area contributed by atoms with E-state index < -0.39 is 0 Å². The molecule has 11 nitrogen and oxygen atoms in total. The SMILES string of the molecule is C=CC(=O)N1CCN(c2nc(OCC3(C4CNCCO4)CC3)nc3c2CCN(c2cc(O)cc4ccccc24)C3)C[C@@H]1CC#N. The largest absolute Gasteiger partial charge is 0.508 e. The molecule has 2 N–H and O–H groups in total. The number of morpholine rings is 1. The van der Waals surface area contributed by atoms with Gasteiger partial charge in [-0.1, -0.05) is 30.8 Å². The molecule has 2 aromatic carbocycles. The minimum atomic E-state index is -0.270. The van der Waals surface area contributed by atoms with E-state index in [0.717, 1.165) is 66.0 Å². The fraction of sp³-hybridized carbons (Fsp3) is 0.471. The molecule has 0 spiro atoms. The molecule has 45 heavy (non-hydrogen) atoms. The number of nitriles is 1. The molecule has 1 amide bonds. The lowest BCUT2D eigenvalue weighted by Gasteiger charge is -2.42. The molecule has 3 aliphatic heterocycles. The van der Waals surface area contributed by atoms with Gasteiger partial charge in [-0.2, -0.15) is 15.2 Å². The number of phenols is 1. The van der Waals surface area contributed by atoms with Gasteiger partial charge < -0.3 is 34.6 Å². The highest BCUT2D eigenvalue weighted by Gasteiger charge is 2.51. The first-order valence-corrected chi connectivity index (χ1v) is 15.8. The number of anilines is 2. The highest BCUT2D eigenvalue weighted by molar-refractivity contribution is 5.95. The molecule has 1 aliphatic carbocycles. The Kier molecular flexibility index (Phi) is 7.94. The van der Waals surface area contributed by atoms with Crippen molar-refractivity contribution in [3.8, 4) is 17.8 Å². The first-order valence-electron chi connectivity index (χ1n) is 15.8. The molecule has 4 heterocycles. The maximum atomic E-state index is 12.6. The minimum absolute atomic E-state index is 0.0338. The van der Waals surface area contributed by atoms with Crippen molar-refractivity contribution in [3.05, 3.63) is 60.3 Å². The summed E-state index contributed by atoms with van der Waals surface area (Å²) in [5, 5.41) is 25.6. The van der Waals surface area contributed by atoms with Crippen molar-refractivity contribution >= 4 is 28.2 Å². The number of ether oxygens (including phenoxy) is 2. The van der Waals surface area contributed by atoms with E-state index in [1.54, 1.807) is 11.0 Å². The molecule has 2 atom stereocenters. The van der Waals surface area contributed by atoms with E-state index >= 15 is 0 Å². The van der Waals surface area contributed by atoms with Gasteiger partial charge in [-0.05, 0) is 36.8 Å². The van der Waals surface area contributed by atoms with Crippen LogP contribution in [0.1, 0.15) is 30.5 Å². The van der Waals surface area contributed by atoms with Gasteiger partial charge in [-0.25, -0.2) is 0 Å². The number of nitrogens with zero attached hydrogens (tertiary/aromatic N) is 6. The Morgan fingerprint density at radius 1 is 1.22 bits per heavy atom. The summed E-state index contributed by atoms with van der Waals surface area (Å²) < 4.78 is 12.5. The fourth-order valence-corrected chi connectivity index (χ4v) is 7.08. The van der Waals surface area contributed by atoms with Crippen LogP contribution in [0.2, 0.25) is 0 Å². The second kappa shape index (κ2) is 12.2. The summed E-state index contributed by atoms with van der Waals surface area (Å²) in [6.07, 6.45) is 4.45. The molecule has 7 rings (SSSR count). The number of amides is 1. The number of aromatic nitrogens is 2. The number of carbonyl (C=O) groups excluding carboxylic acids is 1. The van der Waals surface area contributed by atoms with E-state index in [2.05, 4.69) is 33.8 Å². The van der Waals surface area contributed by atoms with Gasteiger partial charge in [-0.3, -0.25) is 4.79 Å². The third-order valence-corrected chi connectivity index (χ3v) is 9.75. The molecule has 3 fully saturated rings. The topological polar surface area (TPSA) is 127 Å².